The standard InChI is InChI=1S/C15H22N4/c16-9-6-15(17)18-14-7-10-19(11-8-14)12-13-4-2-1-3-5-13/h1-6,9,14H,7-8,10-12,16H2,(H2,17,18)/b9-6-. The summed E-state index contributed by atoms with van der Waals surface area (Å²) in [6, 6.07) is 11.0. The Kier molecular flexibility index (Phi) is 4.98. The summed E-state index contributed by atoms with van der Waals surface area (Å²) in [5.74, 6) is 0.406. The van der Waals surface area contributed by atoms with E-state index >= 15 is 0 Å². The van der Waals surface area contributed by atoms with E-state index in [1.54, 1.807) is 6.08 Å². The molecule has 0 radical (unpaired) electrons. The van der Waals surface area contributed by atoms with Crippen molar-refractivity contribution in [2.45, 2.75) is 25.4 Å². The van der Waals surface area contributed by atoms with E-state index in [-0.39, 0.29) is 0 Å². The van der Waals surface area contributed by atoms with Crippen LogP contribution in [0.2, 0.25) is 0 Å². The van der Waals surface area contributed by atoms with Crippen LogP contribution in [-0.2, 0) is 6.54 Å². The summed E-state index contributed by atoms with van der Waals surface area (Å²) < 4.78 is 0. The highest BCUT2D eigenvalue weighted by Crippen LogP contribution is 2.13. The second-order valence-corrected chi connectivity index (χ2v) is 4.95. The molecule has 0 aliphatic carbocycles. The molecule has 19 heavy (non-hydrogen) atoms. The van der Waals surface area contributed by atoms with Gasteiger partial charge in [-0.15, -0.1) is 0 Å². The molecular formula is C15H22N4. The molecule has 1 aliphatic heterocycles. The number of amidine groups is 1. The molecule has 4 N–H and O–H groups in total. The van der Waals surface area contributed by atoms with Gasteiger partial charge in [0.15, 0.2) is 0 Å². The zero-order chi connectivity index (χ0) is 13.5. The first-order valence-corrected chi connectivity index (χ1v) is 6.77. The van der Waals surface area contributed by atoms with Gasteiger partial charge in [-0.1, -0.05) is 30.3 Å². The average molecular weight is 258 g/mol. The fourth-order valence-electron chi connectivity index (χ4n) is 2.44. The van der Waals surface area contributed by atoms with Gasteiger partial charge in [-0.3, -0.25) is 10.3 Å². The molecule has 4 nitrogen and oxygen atoms in total. The van der Waals surface area contributed by atoms with Crippen LogP contribution >= 0.6 is 0 Å². The SMILES string of the molecule is N=C(/C=C\N)NC1CCN(Cc2ccccc2)CC1. The third-order valence-electron chi connectivity index (χ3n) is 3.46. The Morgan fingerprint density at radius 3 is 2.63 bits per heavy atom. The van der Waals surface area contributed by atoms with Crippen molar-refractivity contribution in [3.05, 3.63) is 48.2 Å². The highest BCUT2D eigenvalue weighted by Gasteiger charge is 2.19. The Hall–Kier alpha value is -1.81. The van der Waals surface area contributed by atoms with Gasteiger partial charge in [0.25, 0.3) is 0 Å². The van der Waals surface area contributed by atoms with E-state index in [9.17, 15) is 0 Å². The third-order valence-corrected chi connectivity index (χ3v) is 3.46. The molecule has 4 heteroatoms. The lowest BCUT2D eigenvalue weighted by atomic mass is 10.0. The van der Waals surface area contributed by atoms with Crippen LogP contribution < -0.4 is 11.1 Å². The van der Waals surface area contributed by atoms with E-state index in [4.69, 9.17) is 11.1 Å². The lowest BCUT2D eigenvalue weighted by Crippen LogP contribution is -2.43. The summed E-state index contributed by atoms with van der Waals surface area (Å²) in [4.78, 5) is 2.47. The molecular weight excluding hydrogens is 236 g/mol. The molecule has 2 rings (SSSR count). The van der Waals surface area contributed by atoms with Gasteiger partial charge in [0.05, 0.1) is 0 Å². The quantitative estimate of drug-likeness (QED) is 0.569. The molecule has 1 heterocycles. The largest absolute Gasteiger partial charge is 0.404 e. The number of hydrogen-bond donors (Lipinski definition) is 3. The van der Waals surface area contributed by atoms with Crippen LogP contribution in [0.3, 0.4) is 0 Å². The van der Waals surface area contributed by atoms with Gasteiger partial charge in [0.2, 0.25) is 0 Å². The van der Waals surface area contributed by atoms with Gasteiger partial charge in [-0.2, -0.15) is 0 Å². The smallest absolute Gasteiger partial charge is 0.119 e. The predicted octanol–water partition coefficient (Wildman–Crippen LogP) is 1.69. The molecule has 0 atom stereocenters. The Bertz CT molecular complexity index is 419. The Morgan fingerprint density at radius 2 is 2.00 bits per heavy atom. The molecule has 0 saturated carbocycles. The highest BCUT2D eigenvalue weighted by atomic mass is 15.1. The predicted molar refractivity (Wildman–Crippen MR) is 78.9 cm³/mol. The zero-order valence-electron chi connectivity index (χ0n) is 11.2. The first-order chi connectivity index (χ1) is 9.28. The van der Waals surface area contributed by atoms with Crippen LogP contribution in [-0.4, -0.2) is 29.9 Å². The molecule has 1 aromatic rings. The molecule has 1 aliphatic rings. The number of nitrogens with one attached hydrogen (secondary N) is 2. The van der Waals surface area contributed by atoms with Crippen molar-refractivity contribution in [2.75, 3.05) is 13.1 Å². The van der Waals surface area contributed by atoms with Crippen LogP contribution in [0.25, 0.3) is 0 Å². The minimum absolute atomic E-state index is 0.399. The third kappa shape index (κ3) is 4.41. The minimum Gasteiger partial charge on any atom is -0.404 e. The maximum atomic E-state index is 7.66. The first-order valence-electron chi connectivity index (χ1n) is 6.77. The molecule has 102 valence electrons. The topological polar surface area (TPSA) is 65.1 Å². The van der Waals surface area contributed by atoms with Crippen molar-refractivity contribution >= 4 is 5.84 Å². The lowest BCUT2D eigenvalue weighted by Gasteiger charge is -2.32. The number of benzene rings is 1. The van der Waals surface area contributed by atoms with Gasteiger partial charge in [0.1, 0.15) is 5.84 Å². The molecule has 0 amide bonds. The van der Waals surface area contributed by atoms with Crippen LogP contribution in [0.1, 0.15) is 18.4 Å². The summed E-state index contributed by atoms with van der Waals surface area (Å²) in [7, 11) is 0. The molecule has 0 unspecified atom stereocenters. The molecule has 1 saturated heterocycles. The van der Waals surface area contributed by atoms with E-state index in [1.165, 1.54) is 11.8 Å². The van der Waals surface area contributed by atoms with E-state index in [0.717, 1.165) is 32.5 Å². The maximum absolute atomic E-state index is 7.66. The van der Waals surface area contributed by atoms with Crippen molar-refractivity contribution in [1.82, 2.24) is 10.2 Å². The number of nitrogens with two attached hydrogens (primary N) is 1. The monoisotopic (exact) mass is 258 g/mol. The molecule has 1 aromatic carbocycles. The van der Waals surface area contributed by atoms with Gasteiger partial charge in [-0.25, -0.2) is 0 Å². The van der Waals surface area contributed by atoms with Gasteiger partial charge < -0.3 is 11.1 Å². The fourth-order valence-corrected chi connectivity index (χ4v) is 2.44. The summed E-state index contributed by atoms with van der Waals surface area (Å²) in [6.45, 7) is 3.17. The second kappa shape index (κ2) is 6.95. The Balaban J connectivity index is 1.75. The van der Waals surface area contributed by atoms with E-state index in [0.29, 0.717) is 11.9 Å². The Labute approximate surface area is 114 Å². The van der Waals surface area contributed by atoms with Crippen LogP contribution in [0, 0.1) is 5.41 Å². The Morgan fingerprint density at radius 1 is 1.32 bits per heavy atom. The average Bonchev–Trinajstić information content (AvgIpc) is 2.42. The number of piperidine rings is 1. The zero-order valence-corrected chi connectivity index (χ0v) is 11.2. The van der Waals surface area contributed by atoms with Crippen molar-refractivity contribution in [2.24, 2.45) is 5.73 Å². The second-order valence-electron chi connectivity index (χ2n) is 4.95. The van der Waals surface area contributed by atoms with E-state index in [2.05, 4.69) is 40.5 Å². The van der Waals surface area contributed by atoms with Crippen LogP contribution in [0.15, 0.2) is 42.6 Å². The summed E-state index contributed by atoms with van der Waals surface area (Å²) in [5.41, 5.74) is 6.64. The summed E-state index contributed by atoms with van der Waals surface area (Å²) >= 11 is 0. The van der Waals surface area contributed by atoms with Crippen molar-refractivity contribution < 1.29 is 0 Å². The molecule has 1 fully saturated rings. The van der Waals surface area contributed by atoms with Gasteiger partial charge >= 0.3 is 0 Å². The number of hydrogen-bond acceptors (Lipinski definition) is 3. The number of rotatable bonds is 4. The maximum Gasteiger partial charge on any atom is 0.119 e. The van der Waals surface area contributed by atoms with Crippen LogP contribution in [0.4, 0.5) is 0 Å². The molecule has 0 bridgehead atoms. The fraction of sp³-hybridized carbons (Fsp3) is 0.400. The number of likely N-dealkylation sites (tertiary alicyclic amines) is 1. The van der Waals surface area contributed by atoms with Crippen molar-refractivity contribution in [3.8, 4) is 0 Å². The van der Waals surface area contributed by atoms with E-state index < -0.39 is 0 Å². The van der Waals surface area contributed by atoms with Gasteiger partial charge in [0, 0.05) is 25.7 Å². The summed E-state index contributed by atoms with van der Waals surface area (Å²) in [5, 5.41) is 10.9. The lowest BCUT2D eigenvalue weighted by molar-refractivity contribution is 0.199. The van der Waals surface area contributed by atoms with Crippen molar-refractivity contribution in [3.63, 3.8) is 0 Å². The number of nitrogens with zero attached hydrogens (tertiary/aromatic N) is 1. The highest BCUT2D eigenvalue weighted by molar-refractivity contribution is 5.90. The molecule has 0 spiro atoms. The minimum atomic E-state index is 0.399. The van der Waals surface area contributed by atoms with Crippen molar-refractivity contribution in [1.29, 1.82) is 5.41 Å². The van der Waals surface area contributed by atoms with Gasteiger partial charge in [-0.05, 0) is 30.7 Å². The summed E-state index contributed by atoms with van der Waals surface area (Å²) in [6.07, 6.45) is 5.15. The normalized spacial score (nSPS) is 17.7. The van der Waals surface area contributed by atoms with E-state index in [1.807, 2.05) is 0 Å². The van der Waals surface area contributed by atoms with Crippen LogP contribution in [0.5, 0.6) is 0 Å². The molecule has 0 aromatic heterocycles. The first kappa shape index (κ1) is 13.6.